The second-order valence-corrected chi connectivity index (χ2v) is 4.48. The minimum atomic E-state index is 0.789. The van der Waals surface area contributed by atoms with E-state index in [-0.39, 0.29) is 0 Å². The molecule has 0 heterocycles. The first-order valence-corrected chi connectivity index (χ1v) is 4.77. The average Bonchev–Trinajstić information content (AvgIpc) is 1.84. The first-order valence-electron chi connectivity index (χ1n) is 4.77. The molecular weight excluding hydrogens is 132 g/mol. The first-order chi connectivity index (χ1) is 4.95. The van der Waals surface area contributed by atoms with Crippen LogP contribution in [0, 0.1) is 23.7 Å². The molecule has 11 heavy (non-hydrogen) atoms. The summed E-state index contributed by atoms with van der Waals surface area (Å²) in [4.78, 5) is 0. The molecule has 0 bridgehead atoms. The van der Waals surface area contributed by atoms with E-state index in [1.165, 1.54) is 6.42 Å². The van der Waals surface area contributed by atoms with E-state index in [0.29, 0.717) is 0 Å². The number of hydrogen-bond donors (Lipinski definition) is 0. The molecule has 0 saturated carbocycles. The van der Waals surface area contributed by atoms with Crippen LogP contribution in [0.15, 0.2) is 0 Å². The maximum atomic E-state index is 2.34. The van der Waals surface area contributed by atoms with Gasteiger partial charge in [-0.25, -0.2) is 0 Å². The Kier molecular flexibility index (Phi) is 4.79. The fourth-order valence-electron chi connectivity index (χ4n) is 1.40. The molecule has 0 spiro atoms. The summed E-state index contributed by atoms with van der Waals surface area (Å²) in [5.74, 6) is 4.07. The Morgan fingerprint density at radius 1 is 1.00 bits per heavy atom. The Labute approximate surface area is 72.4 Å². The van der Waals surface area contributed by atoms with E-state index in [1.54, 1.807) is 5.92 Å². The lowest BCUT2D eigenvalue weighted by Crippen LogP contribution is -2.14. The van der Waals surface area contributed by atoms with Gasteiger partial charge in [0.1, 0.15) is 0 Å². The molecule has 0 aromatic rings. The minimum Gasteiger partial charge on any atom is -0.0628 e. The third-order valence-corrected chi connectivity index (χ3v) is 2.51. The lowest BCUT2D eigenvalue weighted by Gasteiger charge is -2.24. The van der Waals surface area contributed by atoms with Crippen LogP contribution in [0.4, 0.5) is 0 Å². The topological polar surface area (TPSA) is 0 Å². The van der Waals surface area contributed by atoms with Gasteiger partial charge in [0, 0.05) is 0 Å². The van der Waals surface area contributed by atoms with Crippen LogP contribution in [0.5, 0.6) is 0 Å². The molecule has 0 aliphatic heterocycles. The zero-order valence-electron chi connectivity index (χ0n) is 8.94. The van der Waals surface area contributed by atoms with Crippen LogP contribution >= 0.6 is 0 Å². The van der Waals surface area contributed by atoms with Crippen LogP contribution in [0.1, 0.15) is 48.0 Å². The van der Waals surface area contributed by atoms with Crippen molar-refractivity contribution in [3.05, 3.63) is 5.92 Å². The van der Waals surface area contributed by atoms with Crippen LogP contribution in [0.2, 0.25) is 0 Å². The molecule has 1 atom stereocenters. The lowest BCUT2D eigenvalue weighted by molar-refractivity contribution is 0.394. The van der Waals surface area contributed by atoms with Crippen molar-refractivity contribution in [3.63, 3.8) is 0 Å². The Morgan fingerprint density at radius 2 is 1.45 bits per heavy atom. The Balaban J connectivity index is 3.73. The van der Waals surface area contributed by atoms with Gasteiger partial charge in [-0.05, 0) is 30.1 Å². The summed E-state index contributed by atoms with van der Waals surface area (Å²) in [6, 6.07) is 0. The van der Waals surface area contributed by atoms with Crippen molar-refractivity contribution in [2.75, 3.05) is 0 Å². The number of rotatable bonds is 4. The molecule has 0 amide bonds. The molecule has 0 fully saturated rings. The van der Waals surface area contributed by atoms with Gasteiger partial charge in [-0.3, -0.25) is 0 Å². The molecule has 67 valence electrons. The molecule has 0 nitrogen and oxygen atoms in total. The number of hydrogen-bond acceptors (Lipinski definition) is 0. The van der Waals surface area contributed by atoms with Crippen molar-refractivity contribution < 1.29 is 0 Å². The van der Waals surface area contributed by atoms with Crippen LogP contribution < -0.4 is 0 Å². The van der Waals surface area contributed by atoms with Gasteiger partial charge in [0.2, 0.25) is 0 Å². The minimum absolute atomic E-state index is 0.789. The zero-order valence-corrected chi connectivity index (χ0v) is 8.94. The maximum absolute atomic E-state index is 2.34. The molecule has 0 aliphatic carbocycles. The smallest absolute Gasteiger partial charge is 0.0239 e. The first kappa shape index (κ1) is 11.0. The molecule has 1 unspecified atom stereocenters. The van der Waals surface area contributed by atoms with E-state index in [1.807, 2.05) is 0 Å². The Bertz CT molecular complexity index is 92.2. The van der Waals surface area contributed by atoms with Gasteiger partial charge in [0.25, 0.3) is 0 Å². The van der Waals surface area contributed by atoms with E-state index < -0.39 is 0 Å². The summed E-state index contributed by atoms with van der Waals surface area (Å²) >= 11 is 0. The molecular formula is C11H23. The monoisotopic (exact) mass is 155 g/mol. The normalized spacial score (nSPS) is 15.0. The summed E-state index contributed by atoms with van der Waals surface area (Å²) < 4.78 is 0. The highest BCUT2D eigenvalue weighted by Crippen LogP contribution is 2.27. The van der Waals surface area contributed by atoms with Crippen LogP contribution in [-0.4, -0.2) is 0 Å². The molecule has 0 saturated heterocycles. The third-order valence-electron chi connectivity index (χ3n) is 2.51. The Morgan fingerprint density at radius 3 is 1.73 bits per heavy atom. The van der Waals surface area contributed by atoms with Gasteiger partial charge in [-0.15, -0.1) is 0 Å². The van der Waals surface area contributed by atoms with E-state index in [4.69, 9.17) is 0 Å². The van der Waals surface area contributed by atoms with E-state index >= 15 is 0 Å². The summed E-state index contributed by atoms with van der Waals surface area (Å²) in [5, 5.41) is 0. The molecule has 0 N–H and O–H groups in total. The van der Waals surface area contributed by atoms with Gasteiger partial charge in [-0.2, -0.15) is 0 Å². The fourth-order valence-corrected chi connectivity index (χ4v) is 1.40. The van der Waals surface area contributed by atoms with Gasteiger partial charge < -0.3 is 0 Å². The average molecular weight is 155 g/mol. The van der Waals surface area contributed by atoms with Gasteiger partial charge in [0.15, 0.2) is 0 Å². The van der Waals surface area contributed by atoms with Crippen molar-refractivity contribution in [3.8, 4) is 0 Å². The van der Waals surface area contributed by atoms with Crippen molar-refractivity contribution in [2.45, 2.75) is 48.0 Å². The van der Waals surface area contributed by atoms with E-state index in [9.17, 15) is 0 Å². The SMILES string of the molecule is C[C](CC(C)C)C(C)C(C)C. The van der Waals surface area contributed by atoms with Crippen molar-refractivity contribution in [1.29, 1.82) is 0 Å². The summed E-state index contributed by atoms with van der Waals surface area (Å²) in [7, 11) is 0. The van der Waals surface area contributed by atoms with Crippen LogP contribution in [-0.2, 0) is 0 Å². The largest absolute Gasteiger partial charge is 0.0628 e. The summed E-state index contributed by atoms with van der Waals surface area (Å²) in [5.41, 5.74) is 0. The van der Waals surface area contributed by atoms with Gasteiger partial charge in [-0.1, -0.05) is 41.5 Å². The molecule has 0 heteroatoms. The Hall–Kier alpha value is 0. The predicted octanol–water partition coefficient (Wildman–Crippen LogP) is 3.92. The zero-order chi connectivity index (χ0) is 9.02. The molecule has 0 aromatic heterocycles. The highest BCUT2D eigenvalue weighted by atomic mass is 14.2. The van der Waals surface area contributed by atoms with E-state index in [2.05, 4.69) is 41.5 Å². The molecule has 0 aliphatic rings. The van der Waals surface area contributed by atoms with Crippen molar-refractivity contribution in [2.24, 2.45) is 17.8 Å². The second-order valence-electron chi connectivity index (χ2n) is 4.48. The van der Waals surface area contributed by atoms with Crippen molar-refractivity contribution in [1.82, 2.24) is 0 Å². The standard InChI is InChI=1S/C11H23/c1-8(2)7-10(5)11(6)9(3)4/h8-9,11H,7H2,1-6H3. The predicted molar refractivity (Wildman–Crippen MR) is 52.4 cm³/mol. The van der Waals surface area contributed by atoms with Gasteiger partial charge >= 0.3 is 0 Å². The maximum Gasteiger partial charge on any atom is -0.0239 e. The fraction of sp³-hybridized carbons (Fsp3) is 0.909. The second kappa shape index (κ2) is 4.79. The van der Waals surface area contributed by atoms with Gasteiger partial charge in [0.05, 0.1) is 0 Å². The summed E-state index contributed by atoms with van der Waals surface area (Å²) in [6.07, 6.45) is 1.29. The van der Waals surface area contributed by atoms with E-state index in [0.717, 1.165) is 17.8 Å². The molecule has 0 aromatic carbocycles. The third kappa shape index (κ3) is 4.44. The highest BCUT2D eigenvalue weighted by molar-refractivity contribution is 4.91. The van der Waals surface area contributed by atoms with Crippen LogP contribution in [0.3, 0.4) is 0 Å². The quantitative estimate of drug-likeness (QED) is 0.577. The van der Waals surface area contributed by atoms with Crippen molar-refractivity contribution >= 4 is 0 Å². The molecule has 0 rings (SSSR count). The van der Waals surface area contributed by atoms with Crippen LogP contribution in [0.25, 0.3) is 0 Å². The lowest BCUT2D eigenvalue weighted by atomic mass is 9.82. The highest BCUT2D eigenvalue weighted by Gasteiger charge is 2.16. The molecule has 1 radical (unpaired) electrons. The summed E-state index contributed by atoms with van der Waals surface area (Å²) in [6.45, 7) is 13.8.